The normalized spacial score (nSPS) is 12.7. The number of aromatic nitrogens is 2. The van der Waals surface area contributed by atoms with Gasteiger partial charge >= 0.3 is 6.18 Å². The van der Waals surface area contributed by atoms with Crippen LogP contribution in [-0.2, 0) is 5.41 Å². The Labute approximate surface area is 113 Å². The van der Waals surface area contributed by atoms with Gasteiger partial charge in [-0.2, -0.15) is 13.2 Å². The van der Waals surface area contributed by atoms with Crippen molar-refractivity contribution < 1.29 is 13.2 Å². The Morgan fingerprint density at radius 1 is 1.16 bits per heavy atom. The number of hydrogen-bond donors (Lipinski definition) is 0. The molecule has 0 aliphatic rings. The smallest absolute Gasteiger partial charge is 0.260 e. The predicted molar refractivity (Wildman–Crippen MR) is 69.2 cm³/mol. The summed E-state index contributed by atoms with van der Waals surface area (Å²) in [5.41, 5.74) is -1.24. The highest BCUT2D eigenvalue weighted by atomic mass is 32.1. The lowest BCUT2D eigenvalue weighted by molar-refractivity contribution is -0.181. The Morgan fingerprint density at radius 2 is 1.84 bits per heavy atom. The molecular weight excluding hydrogens is 273 g/mol. The first-order valence-corrected chi connectivity index (χ1v) is 6.49. The summed E-state index contributed by atoms with van der Waals surface area (Å²) in [6, 6.07) is 3.18. The Bertz CT molecular complexity index is 588. The Kier molecular flexibility index (Phi) is 3.38. The van der Waals surface area contributed by atoms with Crippen molar-refractivity contribution in [2.75, 3.05) is 0 Å². The third kappa shape index (κ3) is 2.63. The molecule has 0 unspecified atom stereocenters. The number of pyridine rings is 1. The van der Waals surface area contributed by atoms with Gasteiger partial charge in [0.1, 0.15) is 5.41 Å². The van der Waals surface area contributed by atoms with Gasteiger partial charge in [-0.15, -0.1) is 11.3 Å². The molecule has 0 aliphatic heterocycles. The van der Waals surface area contributed by atoms with E-state index in [1.807, 2.05) is 6.92 Å². The summed E-state index contributed by atoms with van der Waals surface area (Å²) < 4.78 is 39.0. The third-order valence-corrected chi connectivity index (χ3v) is 3.98. The van der Waals surface area contributed by atoms with Crippen LogP contribution in [0.4, 0.5) is 13.2 Å². The fraction of sp³-hybridized carbons (Fsp3) is 0.385. The molecule has 102 valence electrons. The molecule has 6 heteroatoms. The SMILES string of the molecule is Cc1ncc(-c2ccnc(C(C)(C)C(F)(F)F)c2)s1. The molecular formula is C13H13F3N2S. The highest BCUT2D eigenvalue weighted by Crippen LogP contribution is 2.40. The number of aryl methyl sites for hydroxylation is 1. The molecule has 2 heterocycles. The molecule has 0 atom stereocenters. The van der Waals surface area contributed by atoms with Crippen molar-refractivity contribution in [2.45, 2.75) is 32.4 Å². The number of alkyl halides is 3. The van der Waals surface area contributed by atoms with E-state index >= 15 is 0 Å². The van der Waals surface area contributed by atoms with Gasteiger partial charge in [-0.05, 0) is 38.5 Å². The summed E-state index contributed by atoms with van der Waals surface area (Å²) >= 11 is 1.45. The number of thiazole rings is 1. The van der Waals surface area contributed by atoms with E-state index in [-0.39, 0.29) is 5.69 Å². The van der Waals surface area contributed by atoms with Gasteiger partial charge in [0, 0.05) is 12.4 Å². The highest BCUT2D eigenvalue weighted by Gasteiger charge is 2.49. The van der Waals surface area contributed by atoms with Crippen LogP contribution in [0.2, 0.25) is 0 Å². The van der Waals surface area contributed by atoms with E-state index in [0.29, 0.717) is 5.56 Å². The van der Waals surface area contributed by atoms with Crippen molar-refractivity contribution in [1.82, 2.24) is 9.97 Å². The lowest BCUT2D eigenvalue weighted by Crippen LogP contribution is -2.37. The summed E-state index contributed by atoms with van der Waals surface area (Å²) in [5.74, 6) is 0. The molecule has 2 nitrogen and oxygen atoms in total. The molecule has 0 aromatic carbocycles. The second kappa shape index (κ2) is 4.59. The van der Waals surface area contributed by atoms with Gasteiger partial charge in [-0.25, -0.2) is 4.98 Å². The van der Waals surface area contributed by atoms with Crippen molar-refractivity contribution >= 4 is 11.3 Å². The molecule has 0 spiro atoms. The molecule has 2 aromatic heterocycles. The Morgan fingerprint density at radius 3 is 2.37 bits per heavy atom. The molecule has 0 amide bonds. The van der Waals surface area contributed by atoms with Crippen molar-refractivity contribution in [1.29, 1.82) is 0 Å². The second-order valence-electron chi connectivity index (χ2n) is 4.80. The van der Waals surface area contributed by atoms with E-state index in [2.05, 4.69) is 9.97 Å². The summed E-state index contributed by atoms with van der Waals surface area (Å²) in [4.78, 5) is 8.83. The Hall–Kier alpha value is -1.43. The molecule has 0 saturated heterocycles. The van der Waals surface area contributed by atoms with Gasteiger partial charge in [0.2, 0.25) is 0 Å². The zero-order chi connectivity index (χ0) is 14.3. The maximum absolute atomic E-state index is 13.0. The molecule has 0 fully saturated rings. The van der Waals surface area contributed by atoms with Crippen molar-refractivity contribution in [3.05, 3.63) is 35.2 Å². The maximum atomic E-state index is 13.0. The summed E-state index contributed by atoms with van der Waals surface area (Å²) in [5, 5.41) is 0.878. The largest absolute Gasteiger partial charge is 0.399 e. The number of halogens is 3. The fourth-order valence-electron chi connectivity index (χ4n) is 1.57. The topological polar surface area (TPSA) is 25.8 Å². The van der Waals surface area contributed by atoms with Crippen LogP contribution in [0.5, 0.6) is 0 Å². The van der Waals surface area contributed by atoms with Crippen LogP contribution in [0.15, 0.2) is 24.5 Å². The van der Waals surface area contributed by atoms with E-state index in [9.17, 15) is 13.2 Å². The lowest BCUT2D eigenvalue weighted by Gasteiger charge is -2.27. The second-order valence-corrected chi connectivity index (χ2v) is 6.03. The van der Waals surface area contributed by atoms with Gasteiger partial charge in [-0.3, -0.25) is 4.98 Å². The summed E-state index contributed by atoms with van der Waals surface area (Å²) in [6.07, 6.45) is -1.25. The van der Waals surface area contributed by atoms with Crippen LogP contribution < -0.4 is 0 Å². The first-order chi connectivity index (χ1) is 8.72. The van der Waals surface area contributed by atoms with E-state index in [4.69, 9.17) is 0 Å². The van der Waals surface area contributed by atoms with Gasteiger partial charge in [-0.1, -0.05) is 0 Å². The minimum absolute atomic E-state index is 0.0172. The standard InChI is InChI=1S/C13H13F3N2S/c1-8-18-7-10(19-8)9-4-5-17-11(6-9)12(2,3)13(14,15)16/h4-7H,1-3H3. The average molecular weight is 286 g/mol. The van der Waals surface area contributed by atoms with Gasteiger partial charge in [0.05, 0.1) is 15.6 Å². The zero-order valence-corrected chi connectivity index (χ0v) is 11.6. The average Bonchev–Trinajstić information content (AvgIpc) is 2.75. The van der Waals surface area contributed by atoms with E-state index < -0.39 is 11.6 Å². The van der Waals surface area contributed by atoms with Crippen LogP contribution in [0, 0.1) is 6.92 Å². The lowest BCUT2D eigenvalue weighted by atomic mass is 9.87. The minimum Gasteiger partial charge on any atom is -0.260 e. The van der Waals surface area contributed by atoms with Crippen molar-refractivity contribution in [3.63, 3.8) is 0 Å². The van der Waals surface area contributed by atoms with Gasteiger partial charge < -0.3 is 0 Å². The van der Waals surface area contributed by atoms with E-state index in [1.54, 1.807) is 12.3 Å². The molecule has 19 heavy (non-hydrogen) atoms. The molecule has 0 aliphatic carbocycles. The molecule has 2 rings (SSSR count). The Balaban J connectivity index is 2.46. The quantitative estimate of drug-likeness (QED) is 0.820. The monoisotopic (exact) mass is 286 g/mol. The molecule has 0 N–H and O–H groups in total. The summed E-state index contributed by atoms with van der Waals surface area (Å²) in [7, 11) is 0. The number of nitrogens with zero attached hydrogens (tertiary/aromatic N) is 2. The minimum atomic E-state index is -4.33. The van der Waals surface area contributed by atoms with Crippen LogP contribution in [0.25, 0.3) is 10.4 Å². The van der Waals surface area contributed by atoms with Crippen LogP contribution >= 0.6 is 11.3 Å². The number of rotatable bonds is 2. The summed E-state index contributed by atoms with van der Waals surface area (Å²) in [6.45, 7) is 4.13. The van der Waals surface area contributed by atoms with Crippen molar-refractivity contribution in [3.8, 4) is 10.4 Å². The molecule has 0 saturated carbocycles. The third-order valence-electron chi connectivity index (χ3n) is 3.01. The molecule has 0 bridgehead atoms. The first kappa shape index (κ1) is 14.0. The zero-order valence-electron chi connectivity index (χ0n) is 10.7. The first-order valence-electron chi connectivity index (χ1n) is 5.68. The van der Waals surface area contributed by atoms with Crippen LogP contribution in [-0.4, -0.2) is 16.1 Å². The predicted octanol–water partition coefficient (Wildman–Crippen LogP) is 4.35. The van der Waals surface area contributed by atoms with Gasteiger partial charge in [0.25, 0.3) is 0 Å². The van der Waals surface area contributed by atoms with Gasteiger partial charge in [0.15, 0.2) is 0 Å². The molecule has 0 radical (unpaired) electrons. The van der Waals surface area contributed by atoms with Crippen molar-refractivity contribution in [2.24, 2.45) is 0 Å². The fourth-order valence-corrected chi connectivity index (χ4v) is 2.34. The molecule has 2 aromatic rings. The van der Waals surface area contributed by atoms with Crippen LogP contribution in [0.3, 0.4) is 0 Å². The maximum Gasteiger partial charge on any atom is 0.399 e. The van der Waals surface area contributed by atoms with E-state index in [0.717, 1.165) is 23.7 Å². The number of hydrogen-bond acceptors (Lipinski definition) is 3. The highest BCUT2D eigenvalue weighted by molar-refractivity contribution is 7.15. The van der Waals surface area contributed by atoms with Crippen LogP contribution in [0.1, 0.15) is 24.5 Å². The van der Waals surface area contributed by atoms with E-state index in [1.165, 1.54) is 23.6 Å².